The van der Waals surface area contributed by atoms with Gasteiger partial charge < -0.3 is 14.9 Å². The molecule has 0 radical (unpaired) electrons. The van der Waals surface area contributed by atoms with E-state index in [1.54, 1.807) is 0 Å². The van der Waals surface area contributed by atoms with Crippen molar-refractivity contribution in [3.05, 3.63) is 14.9 Å². The van der Waals surface area contributed by atoms with Gasteiger partial charge in [0.2, 0.25) is 0 Å². The van der Waals surface area contributed by atoms with E-state index >= 15 is 0 Å². The summed E-state index contributed by atoms with van der Waals surface area (Å²) >= 11 is 0. The van der Waals surface area contributed by atoms with Crippen LogP contribution in [0, 0.1) is 26.7 Å². The summed E-state index contributed by atoms with van der Waals surface area (Å²) in [6, 6.07) is 0. The SMILES string of the molecule is CC1CCCC1.CC1CCCC1.[CH3-].[CH3-].[Fe+2]. The molecule has 0 saturated heterocycles. The van der Waals surface area contributed by atoms with Crippen molar-refractivity contribution in [2.75, 3.05) is 0 Å². The van der Waals surface area contributed by atoms with E-state index < -0.39 is 0 Å². The van der Waals surface area contributed by atoms with Gasteiger partial charge in [-0.1, -0.05) is 65.2 Å². The first-order valence-corrected chi connectivity index (χ1v) is 5.79. The average Bonchev–Trinajstić information content (AvgIpc) is 2.63. The van der Waals surface area contributed by atoms with Crippen molar-refractivity contribution >= 4 is 0 Å². The van der Waals surface area contributed by atoms with Gasteiger partial charge in [0.05, 0.1) is 0 Å². The maximum atomic E-state index is 2.34. The first-order chi connectivity index (χ1) is 5.79. The molecule has 0 atom stereocenters. The largest absolute Gasteiger partial charge is 2.00 e. The summed E-state index contributed by atoms with van der Waals surface area (Å²) in [6.45, 7) is 4.68. The Morgan fingerprint density at radius 3 is 0.867 bits per heavy atom. The zero-order valence-corrected chi connectivity index (χ0v) is 12.3. The smallest absolute Gasteiger partial charge is 0.358 e. The average molecular weight is 254 g/mol. The van der Waals surface area contributed by atoms with Crippen LogP contribution in [0.1, 0.15) is 65.2 Å². The summed E-state index contributed by atoms with van der Waals surface area (Å²) in [7, 11) is 0. The Morgan fingerprint density at radius 2 is 0.800 bits per heavy atom. The number of rotatable bonds is 0. The van der Waals surface area contributed by atoms with Crippen molar-refractivity contribution in [1.82, 2.24) is 0 Å². The molecule has 0 unspecified atom stereocenters. The Labute approximate surface area is 109 Å². The van der Waals surface area contributed by atoms with Gasteiger partial charge in [-0.3, -0.25) is 0 Å². The van der Waals surface area contributed by atoms with E-state index in [9.17, 15) is 0 Å². The topological polar surface area (TPSA) is 0 Å². The van der Waals surface area contributed by atoms with Crippen molar-refractivity contribution in [2.45, 2.75) is 65.2 Å². The molecule has 1 heteroatoms. The molecule has 0 aromatic carbocycles. The van der Waals surface area contributed by atoms with Crippen molar-refractivity contribution in [3.8, 4) is 0 Å². The third-order valence-corrected chi connectivity index (χ3v) is 3.29. The van der Waals surface area contributed by atoms with Gasteiger partial charge in [0, 0.05) is 0 Å². The maximum Gasteiger partial charge on any atom is 2.00 e. The Bertz CT molecular complexity index is 85.9. The molecular weight excluding hydrogens is 224 g/mol. The molecule has 2 rings (SSSR count). The molecule has 0 N–H and O–H groups in total. The zero-order chi connectivity index (χ0) is 8.81. The second kappa shape index (κ2) is 12.6. The minimum Gasteiger partial charge on any atom is -0.358 e. The van der Waals surface area contributed by atoms with E-state index in [4.69, 9.17) is 0 Å². The summed E-state index contributed by atoms with van der Waals surface area (Å²) < 4.78 is 0. The molecular formula is C14H30Fe. The van der Waals surface area contributed by atoms with Crippen LogP contribution >= 0.6 is 0 Å². The third-order valence-electron chi connectivity index (χ3n) is 3.29. The van der Waals surface area contributed by atoms with Gasteiger partial charge in [-0.15, -0.1) is 0 Å². The molecule has 0 aliphatic heterocycles. The van der Waals surface area contributed by atoms with E-state index in [1.807, 2.05) is 0 Å². The van der Waals surface area contributed by atoms with Gasteiger partial charge in [0.25, 0.3) is 0 Å². The fourth-order valence-corrected chi connectivity index (χ4v) is 2.26. The zero-order valence-electron chi connectivity index (χ0n) is 11.2. The standard InChI is InChI=1S/2C6H12.2CH3.Fe/c2*1-6-4-2-3-5-6;;;/h2*6H,2-5H2,1H3;2*1H3;/q;;2*-1;+2. The van der Waals surface area contributed by atoms with E-state index in [0.717, 1.165) is 11.8 Å². The van der Waals surface area contributed by atoms with Crippen molar-refractivity contribution < 1.29 is 17.1 Å². The van der Waals surface area contributed by atoms with Crippen molar-refractivity contribution in [3.63, 3.8) is 0 Å². The quantitative estimate of drug-likeness (QED) is 0.407. The molecule has 0 amide bonds. The molecule has 15 heavy (non-hydrogen) atoms. The van der Waals surface area contributed by atoms with E-state index in [0.29, 0.717) is 0 Å². The van der Waals surface area contributed by atoms with Crippen LogP contribution in [-0.2, 0) is 17.1 Å². The molecule has 2 saturated carbocycles. The molecule has 0 bridgehead atoms. The monoisotopic (exact) mass is 254 g/mol. The van der Waals surface area contributed by atoms with Gasteiger partial charge in [-0.25, -0.2) is 0 Å². The Balaban J connectivity index is -0.000000160. The second-order valence-corrected chi connectivity index (χ2v) is 4.78. The molecule has 0 nitrogen and oxygen atoms in total. The normalized spacial score (nSPS) is 20.4. The first-order valence-electron chi connectivity index (χ1n) is 5.79. The van der Waals surface area contributed by atoms with Crippen molar-refractivity contribution in [1.29, 1.82) is 0 Å². The van der Waals surface area contributed by atoms with Crippen LogP contribution < -0.4 is 0 Å². The second-order valence-electron chi connectivity index (χ2n) is 4.78. The van der Waals surface area contributed by atoms with Crippen LogP contribution in [-0.4, -0.2) is 0 Å². The number of hydrogen-bond donors (Lipinski definition) is 0. The Kier molecular flexibility index (Phi) is 17.5. The van der Waals surface area contributed by atoms with Crippen LogP contribution in [0.15, 0.2) is 0 Å². The van der Waals surface area contributed by atoms with Gasteiger partial charge in [-0.2, -0.15) is 0 Å². The minimum atomic E-state index is 0. The van der Waals surface area contributed by atoms with Gasteiger partial charge in [0.1, 0.15) is 0 Å². The molecule has 0 aromatic rings. The fourth-order valence-electron chi connectivity index (χ4n) is 2.26. The molecule has 0 spiro atoms. The summed E-state index contributed by atoms with van der Waals surface area (Å²) in [6.07, 6.45) is 11.9. The minimum absolute atomic E-state index is 0. The first kappa shape index (κ1) is 20.9. The molecule has 2 aliphatic rings. The van der Waals surface area contributed by atoms with Crippen LogP contribution in [0.25, 0.3) is 0 Å². The fraction of sp³-hybridized carbons (Fsp3) is 0.857. The molecule has 2 aliphatic carbocycles. The van der Waals surface area contributed by atoms with E-state index in [1.165, 1.54) is 51.4 Å². The summed E-state index contributed by atoms with van der Waals surface area (Å²) in [5.74, 6) is 2.09. The molecule has 0 aromatic heterocycles. The summed E-state index contributed by atoms with van der Waals surface area (Å²) in [4.78, 5) is 0. The predicted octanol–water partition coefficient (Wildman–Crippen LogP) is 5.29. The Morgan fingerprint density at radius 1 is 0.600 bits per heavy atom. The molecule has 94 valence electrons. The summed E-state index contributed by atoms with van der Waals surface area (Å²) in [5, 5.41) is 0. The van der Waals surface area contributed by atoms with Crippen LogP contribution in [0.5, 0.6) is 0 Å². The van der Waals surface area contributed by atoms with E-state index in [-0.39, 0.29) is 31.9 Å². The predicted molar refractivity (Wildman–Crippen MR) is 68.1 cm³/mol. The maximum absolute atomic E-state index is 2.34. The van der Waals surface area contributed by atoms with Crippen LogP contribution in [0.2, 0.25) is 0 Å². The number of hydrogen-bond acceptors (Lipinski definition) is 0. The molecule has 2 fully saturated rings. The van der Waals surface area contributed by atoms with Gasteiger partial charge in [0.15, 0.2) is 0 Å². The van der Waals surface area contributed by atoms with Crippen LogP contribution in [0.4, 0.5) is 0 Å². The van der Waals surface area contributed by atoms with E-state index in [2.05, 4.69) is 13.8 Å². The molecule has 0 heterocycles. The van der Waals surface area contributed by atoms with Crippen molar-refractivity contribution in [2.24, 2.45) is 11.8 Å². The summed E-state index contributed by atoms with van der Waals surface area (Å²) in [5.41, 5.74) is 0. The van der Waals surface area contributed by atoms with Gasteiger partial charge in [-0.05, 0) is 11.8 Å². The Hall–Kier alpha value is 0.519. The third kappa shape index (κ3) is 10.8. The van der Waals surface area contributed by atoms with Gasteiger partial charge >= 0.3 is 17.1 Å². The van der Waals surface area contributed by atoms with Crippen LogP contribution in [0.3, 0.4) is 0 Å².